The molecule has 1 N–H and O–H groups in total. The highest BCUT2D eigenvalue weighted by molar-refractivity contribution is 5.54. The topological polar surface area (TPSA) is 33.6 Å². The third kappa shape index (κ3) is 1.13. The van der Waals surface area contributed by atoms with Crippen molar-refractivity contribution in [3.8, 4) is 11.4 Å². The third-order valence-electron chi connectivity index (χ3n) is 1.84. The molecule has 0 amide bonds. The lowest BCUT2D eigenvalue weighted by atomic mass is 10.1. The monoisotopic (exact) mass is 161 g/mol. The maximum atomic E-state index is 4.16. The summed E-state index contributed by atoms with van der Waals surface area (Å²) < 4.78 is 0. The first-order valence-corrected chi connectivity index (χ1v) is 3.92. The third-order valence-corrected chi connectivity index (χ3v) is 1.84. The molecule has 0 bridgehead atoms. The smallest absolute Gasteiger partial charge is 0.175 e. The van der Waals surface area contributed by atoms with Crippen molar-refractivity contribution in [1.29, 1.82) is 0 Å². The Morgan fingerprint density at radius 3 is 2.33 bits per heavy atom. The number of aromatic amines is 1. The van der Waals surface area contributed by atoms with Crippen LogP contribution in [0, 0.1) is 6.92 Å². The van der Waals surface area contributed by atoms with Crippen molar-refractivity contribution in [3.63, 3.8) is 0 Å². The molecule has 0 saturated carbocycles. The van der Waals surface area contributed by atoms with Gasteiger partial charge in [-0.2, -0.15) is 0 Å². The van der Waals surface area contributed by atoms with E-state index < -0.39 is 0 Å². The molecule has 2 aromatic rings. The molecule has 1 aromatic carbocycles. The number of rotatable bonds is 1. The molecule has 1 heterocycles. The fraction of sp³-hybridized carbons (Fsp3) is 0.222. The lowest BCUT2D eigenvalue weighted by Gasteiger charge is -2.08. The molecule has 0 spiro atoms. The number of H-pyrrole nitrogens is 1. The average molecular weight is 161 g/mol. The van der Waals surface area contributed by atoms with Crippen LogP contribution in [0.25, 0.3) is 11.4 Å². The number of nitrogens with zero attached hydrogens (tertiary/aromatic N) is 2. The molecular weight excluding hydrogens is 150 g/mol. The van der Waals surface area contributed by atoms with Crippen LogP contribution in [0.3, 0.4) is 0 Å². The molecular formula is C9H11N3. The lowest BCUT2D eigenvalue weighted by Crippen LogP contribution is -2.11. The van der Waals surface area contributed by atoms with Crippen LogP contribution < -0.4 is 0 Å². The van der Waals surface area contributed by atoms with Crippen molar-refractivity contribution in [2.24, 2.45) is 7.05 Å². The first-order valence-electron chi connectivity index (χ1n) is 3.92. The molecule has 0 fully saturated rings. The largest absolute Gasteiger partial charge is 0.264 e. The Morgan fingerprint density at radius 1 is 1.25 bits per heavy atom. The summed E-state index contributed by atoms with van der Waals surface area (Å²) in [6.07, 6.45) is 0. The van der Waals surface area contributed by atoms with Gasteiger partial charge in [0.15, 0.2) is 5.82 Å². The van der Waals surface area contributed by atoms with Gasteiger partial charge in [-0.1, -0.05) is 29.8 Å². The molecule has 0 aliphatic heterocycles. The highest BCUT2D eigenvalue weighted by Crippen LogP contribution is 2.14. The Labute approximate surface area is 71.0 Å². The molecule has 0 saturated heterocycles. The van der Waals surface area contributed by atoms with Crippen LogP contribution in [0.1, 0.15) is 5.56 Å². The van der Waals surface area contributed by atoms with E-state index in [1.54, 1.807) is 4.80 Å². The number of hydrogen-bond acceptors (Lipinski definition) is 1. The van der Waals surface area contributed by atoms with E-state index in [1.165, 1.54) is 5.56 Å². The maximum Gasteiger partial charge on any atom is 0.175 e. The predicted molar refractivity (Wildman–Crippen MR) is 47.7 cm³/mol. The van der Waals surface area contributed by atoms with Gasteiger partial charge in [0, 0.05) is 12.6 Å². The van der Waals surface area contributed by atoms with Gasteiger partial charge in [-0.05, 0) is 6.92 Å². The summed E-state index contributed by atoms with van der Waals surface area (Å²) in [6.45, 7) is 2.08. The Morgan fingerprint density at radius 2 is 1.83 bits per heavy atom. The minimum atomic E-state index is 0.942. The number of aryl methyl sites for hydroxylation is 2. The zero-order valence-electron chi connectivity index (χ0n) is 7.20. The van der Waals surface area contributed by atoms with E-state index in [-0.39, 0.29) is 0 Å². The van der Waals surface area contributed by atoms with Crippen molar-refractivity contribution in [1.82, 2.24) is 15.0 Å². The van der Waals surface area contributed by atoms with E-state index >= 15 is 0 Å². The fourth-order valence-corrected chi connectivity index (χ4v) is 1.14. The van der Waals surface area contributed by atoms with Gasteiger partial charge in [0.05, 0.1) is 0 Å². The van der Waals surface area contributed by atoms with E-state index in [4.69, 9.17) is 0 Å². The van der Waals surface area contributed by atoms with Crippen molar-refractivity contribution in [3.05, 3.63) is 29.8 Å². The Hall–Kier alpha value is -1.51. The Bertz CT molecular complexity index is 355. The second-order valence-corrected chi connectivity index (χ2v) is 2.95. The second kappa shape index (κ2) is 2.52. The molecule has 2 rings (SSSR count). The normalized spacial score (nSPS) is 10.5. The zero-order chi connectivity index (χ0) is 8.55. The van der Waals surface area contributed by atoms with Gasteiger partial charge in [0.2, 0.25) is 0 Å². The molecule has 0 aliphatic rings. The number of aromatic nitrogens is 3. The van der Waals surface area contributed by atoms with Crippen molar-refractivity contribution in [2.45, 2.75) is 6.92 Å². The van der Waals surface area contributed by atoms with Crippen LogP contribution in [-0.4, -0.2) is 15.0 Å². The minimum Gasteiger partial charge on any atom is -0.264 e. The van der Waals surface area contributed by atoms with Crippen LogP contribution in [0.15, 0.2) is 24.3 Å². The molecule has 12 heavy (non-hydrogen) atoms. The van der Waals surface area contributed by atoms with Gasteiger partial charge >= 0.3 is 0 Å². The summed E-state index contributed by atoms with van der Waals surface area (Å²) >= 11 is 0. The molecule has 1 aromatic heterocycles. The van der Waals surface area contributed by atoms with Crippen LogP contribution >= 0.6 is 0 Å². The van der Waals surface area contributed by atoms with Gasteiger partial charge in [0.1, 0.15) is 0 Å². The number of nitrogens with one attached hydrogen (secondary N) is 1. The molecule has 0 unspecified atom stereocenters. The standard InChI is InChI=1S/C9H11N3/c1-7-3-5-8(6-4-7)9-10-12(2)11-9/h3-6H,1-2H3,(H,10,11). The minimum absolute atomic E-state index is 0.942. The predicted octanol–water partition coefficient (Wildman–Crippen LogP) is 1.72. The molecule has 3 heteroatoms. The van der Waals surface area contributed by atoms with Gasteiger partial charge < -0.3 is 0 Å². The average Bonchev–Trinajstić information content (AvgIpc) is 2.01. The lowest BCUT2D eigenvalue weighted by molar-refractivity contribution is 0.556. The van der Waals surface area contributed by atoms with E-state index in [1.807, 2.05) is 7.05 Å². The van der Waals surface area contributed by atoms with Crippen molar-refractivity contribution >= 4 is 0 Å². The Balaban J connectivity index is 2.33. The molecule has 0 radical (unpaired) electrons. The van der Waals surface area contributed by atoms with Crippen LogP contribution in [-0.2, 0) is 7.05 Å². The summed E-state index contributed by atoms with van der Waals surface area (Å²) in [5, 5.41) is 7.22. The van der Waals surface area contributed by atoms with Crippen LogP contribution in [0.4, 0.5) is 0 Å². The van der Waals surface area contributed by atoms with Gasteiger partial charge in [-0.3, -0.25) is 5.10 Å². The van der Waals surface area contributed by atoms with Crippen molar-refractivity contribution < 1.29 is 0 Å². The second-order valence-electron chi connectivity index (χ2n) is 2.95. The Kier molecular flexibility index (Phi) is 1.50. The van der Waals surface area contributed by atoms with E-state index in [0.717, 1.165) is 11.4 Å². The summed E-state index contributed by atoms with van der Waals surface area (Å²) in [4.78, 5) is 1.69. The van der Waals surface area contributed by atoms with Gasteiger partial charge in [-0.25, -0.2) is 4.80 Å². The summed E-state index contributed by atoms with van der Waals surface area (Å²) in [6, 6.07) is 8.29. The van der Waals surface area contributed by atoms with Gasteiger partial charge in [0.25, 0.3) is 0 Å². The SMILES string of the molecule is Cc1ccc(-c2nn(C)[nH]2)cc1. The molecule has 62 valence electrons. The number of hydrogen-bond donors (Lipinski definition) is 1. The van der Waals surface area contributed by atoms with Gasteiger partial charge in [-0.15, -0.1) is 5.10 Å². The molecule has 0 aliphatic carbocycles. The van der Waals surface area contributed by atoms with E-state index in [2.05, 4.69) is 41.4 Å². The fourth-order valence-electron chi connectivity index (χ4n) is 1.14. The highest BCUT2D eigenvalue weighted by atomic mass is 15.5. The highest BCUT2D eigenvalue weighted by Gasteiger charge is 2.02. The first-order chi connectivity index (χ1) is 5.75. The quantitative estimate of drug-likeness (QED) is 0.678. The summed E-state index contributed by atoms with van der Waals surface area (Å²) in [7, 11) is 1.87. The van der Waals surface area contributed by atoms with Crippen molar-refractivity contribution in [2.75, 3.05) is 0 Å². The summed E-state index contributed by atoms with van der Waals surface area (Å²) in [5.41, 5.74) is 2.41. The zero-order valence-corrected chi connectivity index (χ0v) is 7.20. The van der Waals surface area contributed by atoms with E-state index in [0.29, 0.717) is 0 Å². The van der Waals surface area contributed by atoms with E-state index in [9.17, 15) is 0 Å². The van der Waals surface area contributed by atoms with Crippen LogP contribution in [0.2, 0.25) is 0 Å². The summed E-state index contributed by atoms with van der Waals surface area (Å²) in [5.74, 6) is 0.942. The first kappa shape index (κ1) is 7.16. The molecule has 0 atom stereocenters. The number of benzene rings is 1. The molecule has 3 nitrogen and oxygen atoms in total. The maximum absolute atomic E-state index is 4.16. The van der Waals surface area contributed by atoms with Crippen LogP contribution in [0.5, 0.6) is 0 Å².